The van der Waals surface area contributed by atoms with Gasteiger partial charge in [-0.15, -0.1) is 5.10 Å². The van der Waals surface area contributed by atoms with Gasteiger partial charge in [0.25, 0.3) is 5.91 Å². The van der Waals surface area contributed by atoms with Crippen molar-refractivity contribution in [3.8, 4) is 0 Å². The van der Waals surface area contributed by atoms with Crippen molar-refractivity contribution in [1.29, 1.82) is 0 Å². The van der Waals surface area contributed by atoms with Crippen LogP contribution in [0.15, 0.2) is 12.4 Å². The minimum absolute atomic E-state index is 0.0504. The van der Waals surface area contributed by atoms with Crippen LogP contribution in [-0.4, -0.2) is 87.1 Å². The number of nitrogens with one attached hydrogen (secondary N) is 2. The lowest BCUT2D eigenvalue weighted by atomic mass is 9.67. The number of rotatable bonds is 4. The van der Waals surface area contributed by atoms with Gasteiger partial charge in [0.2, 0.25) is 5.91 Å². The molecular formula is C34H51FN8O2. The van der Waals surface area contributed by atoms with Gasteiger partial charge in [-0.2, -0.15) is 0 Å². The maximum absolute atomic E-state index is 13.9. The van der Waals surface area contributed by atoms with Crippen LogP contribution in [0.3, 0.4) is 0 Å². The van der Waals surface area contributed by atoms with Crippen LogP contribution in [0.25, 0.3) is 5.65 Å². The van der Waals surface area contributed by atoms with Crippen molar-refractivity contribution >= 4 is 23.3 Å². The number of hydrogen-bond acceptors (Lipinski definition) is 7. The molecule has 6 aliphatic rings. The lowest BCUT2D eigenvalue weighted by molar-refractivity contribution is -0.151. The summed E-state index contributed by atoms with van der Waals surface area (Å²) in [6.07, 6.45) is 19.7. The predicted molar refractivity (Wildman–Crippen MR) is 171 cm³/mol. The Bertz CT molecular complexity index is 1360. The number of hydrogen-bond donors (Lipinski definition) is 3. The molecule has 8 rings (SSSR count). The summed E-state index contributed by atoms with van der Waals surface area (Å²) in [6, 6.07) is -0.0816. The van der Waals surface area contributed by atoms with Gasteiger partial charge < -0.3 is 26.2 Å². The standard InChI is InChI=1S/C34H51FN8O2/c35-25-21-37-30-28(29(36)40-43(30)23-25)31(44)39-27-22-38-34(10-6-4-2-1-3-5-7-11-34)20-26(27)24-8-15-42(16-9-24)32(45)33-12-17-41(18-13-33)19-14-33/h21,23-24,26-27,38H,1-20,22H2,(H2,36,40)(H,39,44). The van der Waals surface area contributed by atoms with Gasteiger partial charge in [-0.1, -0.05) is 44.9 Å². The van der Waals surface area contributed by atoms with Gasteiger partial charge >= 0.3 is 0 Å². The van der Waals surface area contributed by atoms with E-state index in [2.05, 4.69) is 30.5 Å². The Morgan fingerprint density at radius 2 is 1.58 bits per heavy atom. The van der Waals surface area contributed by atoms with Crippen molar-refractivity contribution in [1.82, 2.24) is 35.0 Å². The topological polar surface area (TPSA) is 121 Å². The van der Waals surface area contributed by atoms with E-state index in [-0.39, 0.29) is 39.9 Å². The monoisotopic (exact) mass is 622 g/mol. The second-order valence-corrected chi connectivity index (χ2v) is 14.9. The van der Waals surface area contributed by atoms with Gasteiger partial charge in [0, 0.05) is 31.2 Å². The molecule has 1 saturated carbocycles. The maximum Gasteiger partial charge on any atom is 0.259 e. The van der Waals surface area contributed by atoms with Gasteiger partial charge in [-0.3, -0.25) is 9.59 Å². The molecule has 0 aromatic carbocycles. The van der Waals surface area contributed by atoms with Gasteiger partial charge in [0.15, 0.2) is 17.3 Å². The Labute approximate surface area is 266 Å². The molecule has 10 nitrogen and oxygen atoms in total. The fraction of sp³-hybridized carbons (Fsp3) is 0.765. The molecule has 4 N–H and O–H groups in total. The number of carbonyl (C=O) groups excluding carboxylic acids is 2. The number of likely N-dealkylation sites (tertiary alicyclic amines) is 1. The van der Waals surface area contributed by atoms with Crippen LogP contribution < -0.4 is 16.4 Å². The molecule has 11 heteroatoms. The zero-order valence-electron chi connectivity index (χ0n) is 26.7. The van der Waals surface area contributed by atoms with Crippen LogP contribution in [0.5, 0.6) is 0 Å². The van der Waals surface area contributed by atoms with Crippen molar-refractivity contribution in [3.63, 3.8) is 0 Å². The van der Waals surface area contributed by atoms with Crippen molar-refractivity contribution in [2.75, 3.05) is 45.0 Å². The van der Waals surface area contributed by atoms with Gasteiger partial charge in [0.1, 0.15) is 5.56 Å². The SMILES string of the molecule is Nc1nn2cc(F)cnc2c1C(=O)NC1CNC2(CCCCCCCCC2)CC1C1CCN(C(=O)C23CCN(CC2)CC3)CC1. The lowest BCUT2D eigenvalue weighted by Crippen LogP contribution is -2.63. The number of anilines is 1. The number of halogens is 1. The molecule has 5 saturated heterocycles. The van der Waals surface area contributed by atoms with E-state index in [4.69, 9.17) is 5.73 Å². The normalized spacial score (nSPS) is 31.2. The van der Waals surface area contributed by atoms with E-state index in [1.165, 1.54) is 68.5 Å². The number of fused-ring (bicyclic) bond motifs is 4. The summed E-state index contributed by atoms with van der Waals surface area (Å²) in [5.41, 5.74) is 6.59. The Morgan fingerprint density at radius 3 is 2.24 bits per heavy atom. The van der Waals surface area contributed by atoms with Gasteiger partial charge in [-0.25, -0.2) is 13.9 Å². The third-order valence-electron chi connectivity index (χ3n) is 12.3. The highest BCUT2D eigenvalue weighted by Crippen LogP contribution is 2.44. The molecule has 6 fully saturated rings. The van der Waals surface area contributed by atoms with E-state index < -0.39 is 5.82 Å². The third kappa shape index (κ3) is 6.19. The molecule has 0 radical (unpaired) electrons. The van der Waals surface area contributed by atoms with Crippen LogP contribution in [-0.2, 0) is 4.79 Å². The number of carbonyl (C=O) groups is 2. The highest BCUT2D eigenvalue weighted by molar-refractivity contribution is 6.04. The smallest absolute Gasteiger partial charge is 0.259 e. The number of nitrogen functional groups attached to an aromatic ring is 1. The van der Waals surface area contributed by atoms with Crippen molar-refractivity contribution < 1.29 is 14.0 Å². The van der Waals surface area contributed by atoms with Gasteiger partial charge in [0.05, 0.1) is 17.8 Å². The quantitative estimate of drug-likeness (QED) is 0.469. The van der Waals surface area contributed by atoms with Gasteiger partial charge in [-0.05, 0) is 82.8 Å². The summed E-state index contributed by atoms with van der Waals surface area (Å²) in [5.74, 6) is 0.313. The van der Waals surface area contributed by atoms with E-state index in [9.17, 15) is 14.0 Å². The van der Waals surface area contributed by atoms with Crippen molar-refractivity contribution in [2.24, 2.45) is 17.3 Å². The van der Waals surface area contributed by atoms with Crippen molar-refractivity contribution in [3.05, 3.63) is 23.8 Å². The first-order valence-corrected chi connectivity index (χ1v) is 17.7. The molecule has 2 atom stereocenters. The molecule has 2 aromatic heterocycles. The minimum Gasteiger partial charge on any atom is -0.381 e. The Hall–Kier alpha value is -2.79. The maximum atomic E-state index is 13.9. The molecule has 1 spiro atoms. The molecule has 1 aliphatic carbocycles. The predicted octanol–water partition coefficient (Wildman–Crippen LogP) is 4.15. The first-order valence-electron chi connectivity index (χ1n) is 17.7. The van der Waals surface area contributed by atoms with Crippen LogP contribution in [0, 0.1) is 23.1 Å². The van der Waals surface area contributed by atoms with E-state index in [1.807, 2.05) is 0 Å². The zero-order valence-corrected chi connectivity index (χ0v) is 26.7. The second kappa shape index (κ2) is 12.8. The van der Waals surface area contributed by atoms with Crippen molar-refractivity contribution in [2.45, 2.75) is 108 Å². The van der Waals surface area contributed by atoms with E-state index in [0.29, 0.717) is 24.3 Å². The fourth-order valence-corrected chi connectivity index (χ4v) is 9.51. The third-order valence-corrected chi connectivity index (χ3v) is 12.3. The largest absolute Gasteiger partial charge is 0.381 e. The Kier molecular flexibility index (Phi) is 8.76. The molecule has 2 bridgehead atoms. The Morgan fingerprint density at radius 1 is 0.933 bits per heavy atom. The average Bonchev–Trinajstić information content (AvgIpc) is 3.40. The van der Waals surface area contributed by atoms with Crippen LogP contribution >= 0.6 is 0 Å². The number of aromatic nitrogens is 3. The number of nitrogens with zero attached hydrogens (tertiary/aromatic N) is 5. The molecular weight excluding hydrogens is 571 g/mol. The molecule has 2 unspecified atom stereocenters. The summed E-state index contributed by atoms with van der Waals surface area (Å²) < 4.78 is 15.1. The lowest BCUT2D eigenvalue weighted by Gasteiger charge is -2.52. The van der Waals surface area contributed by atoms with E-state index in [0.717, 1.165) is 77.4 Å². The molecule has 7 heterocycles. The summed E-state index contributed by atoms with van der Waals surface area (Å²) in [4.78, 5) is 36.5. The highest BCUT2D eigenvalue weighted by Gasteiger charge is 2.49. The summed E-state index contributed by atoms with van der Waals surface area (Å²) in [7, 11) is 0. The van der Waals surface area contributed by atoms with Crippen LogP contribution in [0.4, 0.5) is 10.2 Å². The number of nitrogens with two attached hydrogens (primary N) is 1. The first kappa shape index (κ1) is 30.8. The summed E-state index contributed by atoms with van der Waals surface area (Å²) >= 11 is 0. The molecule has 5 aliphatic heterocycles. The van der Waals surface area contributed by atoms with E-state index in [1.54, 1.807) is 0 Å². The molecule has 2 aromatic rings. The van der Waals surface area contributed by atoms with Crippen LogP contribution in [0.1, 0.15) is 107 Å². The number of piperidine rings is 5. The van der Waals surface area contributed by atoms with Crippen LogP contribution in [0.2, 0.25) is 0 Å². The molecule has 45 heavy (non-hydrogen) atoms. The molecule has 2 amide bonds. The summed E-state index contributed by atoms with van der Waals surface area (Å²) in [6.45, 7) is 5.50. The average molecular weight is 623 g/mol. The Balaban J connectivity index is 1.09. The fourth-order valence-electron chi connectivity index (χ4n) is 9.51. The number of amides is 2. The highest BCUT2D eigenvalue weighted by atomic mass is 19.1. The zero-order chi connectivity index (χ0) is 31.0. The second-order valence-electron chi connectivity index (χ2n) is 14.9. The molecule has 246 valence electrons. The minimum atomic E-state index is -0.539. The first-order chi connectivity index (χ1) is 21.8. The summed E-state index contributed by atoms with van der Waals surface area (Å²) in [5, 5.41) is 11.5. The van der Waals surface area contributed by atoms with E-state index >= 15 is 0 Å².